The maximum Gasteiger partial charge on any atom is 0.316 e. The number of carbonyl (C=O) groups is 1. The minimum absolute atomic E-state index is 0.250. The van der Waals surface area contributed by atoms with E-state index in [0.717, 1.165) is 11.1 Å². The highest BCUT2D eigenvalue weighted by molar-refractivity contribution is 5.80. The Bertz CT molecular complexity index is 565. The molecule has 4 nitrogen and oxygen atoms in total. The number of rotatable bonds is 5. The Morgan fingerprint density at radius 3 is 2.68 bits per heavy atom. The normalized spacial score (nSPS) is 26.1. The van der Waals surface area contributed by atoms with E-state index >= 15 is 0 Å². The molecule has 0 amide bonds. The molecule has 2 N–H and O–H groups in total. The molecule has 0 aliphatic heterocycles. The zero-order chi connectivity index (χ0) is 16.0. The highest BCUT2D eigenvalue weighted by Gasteiger charge is 2.34. The second kappa shape index (κ2) is 7.38. The molecule has 0 aromatic heterocycles. The van der Waals surface area contributed by atoms with Gasteiger partial charge in [0.05, 0.1) is 12.5 Å². The van der Waals surface area contributed by atoms with Crippen LogP contribution in [0.3, 0.4) is 0 Å². The first kappa shape index (κ1) is 16.5. The van der Waals surface area contributed by atoms with Gasteiger partial charge in [-0.3, -0.25) is 10.5 Å². The van der Waals surface area contributed by atoms with Crippen LogP contribution in [0.1, 0.15) is 25.8 Å². The molecule has 2 unspecified atom stereocenters. The molecule has 2 rings (SSSR count). The predicted octanol–water partition coefficient (Wildman–Crippen LogP) is 2.90. The minimum Gasteiger partial charge on any atom is -0.465 e. The van der Waals surface area contributed by atoms with Crippen molar-refractivity contribution >= 4 is 12.0 Å². The molecule has 4 heteroatoms. The summed E-state index contributed by atoms with van der Waals surface area (Å²) in [5.74, 6) is -0.656. The average Bonchev–Trinajstić information content (AvgIpc) is 2.48. The number of esters is 1. The molecule has 0 saturated heterocycles. The standard InChI is InChI=1S/C18H23NO3/c1-3-21-17(20)16-10-11-18(19,22-4-2)13-15(16)12-14-8-6-5-7-9-14/h5-12,16H,3-4,13,19H2,1-2H3. The molecule has 118 valence electrons. The van der Waals surface area contributed by atoms with Gasteiger partial charge in [0, 0.05) is 13.0 Å². The first-order chi connectivity index (χ1) is 10.6. The van der Waals surface area contributed by atoms with Gasteiger partial charge in [0.15, 0.2) is 0 Å². The van der Waals surface area contributed by atoms with Crippen LogP contribution >= 0.6 is 0 Å². The van der Waals surface area contributed by atoms with Crippen molar-refractivity contribution < 1.29 is 14.3 Å². The van der Waals surface area contributed by atoms with Crippen molar-refractivity contribution in [3.63, 3.8) is 0 Å². The fraction of sp³-hybridized carbons (Fsp3) is 0.389. The van der Waals surface area contributed by atoms with Crippen LogP contribution in [-0.2, 0) is 14.3 Å². The second-order valence-electron chi connectivity index (χ2n) is 5.28. The van der Waals surface area contributed by atoms with Gasteiger partial charge in [0.1, 0.15) is 5.72 Å². The van der Waals surface area contributed by atoms with E-state index < -0.39 is 11.6 Å². The van der Waals surface area contributed by atoms with Crippen molar-refractivity contribution in [1.29, 1.82) is 0 Å². The summed E-state index contributed by atoms with van der Waals surface area (Å²) in [6.07, 6.45) is 6.01. The fourth-order valence-electron chi connectivity index (χ4n) is 2.60. The molecule has 0 fully saturated rings. The van der Waals surface area contributed by atoms with Gasteiger partial charge >= 0.3 is 5.97 Å². The van der Waals surface area contributed by atoms with Crippen molar-refractivity contribution in [3.05, 3.63) is 53.6 Å². The van der Waals surface area contributed by atoms with Crippen LogP contribution in [0, 0.1) is 5.92 Å². The van der Waals surface area contributed by atoms with Gasteiger partial charge in [-0.2, -0.15) is 0 Å². The van der Waals surface area contributed by atoms with Crippen molar-refractivity contribution in [1.82, 2.24) is 0 Å². The van der Waals surface area contributed by atoms with Crippen molar-refractivity contribution in [3.8, 4) is 0 Å². The first-order valence-electron chi connectivity index (χ1n) is 7.62. The number of nitrogens with two attached hydrogens (primary N) is 1. The number of hydrogen-bond donors (Lipinski definition) is 1. The number of carbonyl (C=O) groups excluding carboxylic acids is 1. The third-order valence-electron chi connectivity index (χ3n) is 3.56. The zero-order valence-electron chi connectivity index (χ0n) is 13.1. The van der Waals surface area contributed by atoms with Crippen molar-refractivity contribution in [2.75, 3.05) is 13.2 Å². The Morgan fingerprint density at radius 1 is 1.32 bits per heavy atom. The van der Waals surface area contributed by atoms with E-state index in [4.69, 9.17) is 15.2 Å². The van der Waals surface area contributed by atoms with Crippen LogP contribution in [-0.4, -0.2) is 24.9 Å². The lowest BCUT2D eigenvalue weighted by Gasteiger charge is -2.33. The van der Waals surface area contributed by atoms with Gasteiger partial charge in [0.25, 0.3) is 0 Å². The maximum atomic E-state index is 12.2. The monoisotopic (exact) mass is 301 g/mol. The summed E-state index contributed by atoms with van der Waals surface area (Å²) >= 11 is 0. The van der Waals surface area contributed by atoms with E-state index in [2.05, 4.69) is 0 Å². The lowest BCUT2D eigenvalue weighted by atomic mass is 9.84. The van der Waals surface area contributed by atoms with Crippen LogP contribution in [0.4, 0.5) is 0 Å². The summed E-state index contributed by atoms with van der Waals surface area (Å²) in [6, 6.07) is 9.86. The summed E-state index contributed by atoms with van der Waals surface area (Å²) in [5, 5.41) is 0. The molecular weight excluding hydrogens is 278 g/mol. The van der Waals surface area contributed by atoms with Gasteiger partial charge in [-0.25, -0.2) is 0 Å². The largest absolute Gasteiger partial charge is 0.465 e. The third-order valence-corrected chi connectivity index (χ3v) is 3.56. The topological polar surface area (TPSA) is 61.5 Å². The summed E-state index contributed by atoms with van der Waals surface area (Å²) in [6.45, 7) is 4.59. The molecule has 1 aromatic rings. The molecule has 22 heavy (non-hydrogen) atoms. The second-order valence-corrected chi connectivity index (χ2v) is 5.28. The van der Waals surface area contributed by atoms with E-state index in [1.54, 1.807) is 19.1 Å². The van der Waals surface area contributed by atoms with Crippen LogP contribution in [0.25, 0.3) is 6.08 Å². The Morgan fingerprint density at radius 2 is 2.05 bits per heavy atom. The zero-order valence-corrected chi connectivity index (χ0v) is 13.1. The molecular formula is C18H23NO3. The van der Waals surface area contributed by atoms with Crippen molar-refractivity contribution in [2.45, 2.75) is 26.0 Å². The maximum absolute atomic E-state index is 12.2. The molecule has 2 atom stereocenters. The number of ether oxygens (including phenoxy) is 2. The van der Waals surface area contributed by atoms with Crippen LogP contribution in [0.15, 0.2) is 48.1 Å². The Balaban J connectivity index is 2.34. The van der Waals surface area contributed by atoms with E-state index in [1.165, 1.54) is 0 Å². The predicted molar refractivity (Wildman–Crippen MR) is 86.8 cm³/mol. The van der Waals surface area contributed by atoms with Crippen molar-refractivity contribution in [2.24, 2.45) is 11.7 Å². The lowest BCUT2D eigenvalue weighted by molar-refractivity contribution is -0.145. The minimum atomic E-state index is -0.863. The summed E-state index contributed by atoms with van der Waals surface area (Å²) < 4.78 is 10.8. The molecule has 0 saturated carbocycles. The molecule has 0 bridgehead atoms. The SMILES string of the molecule is CCOC(=O)C1C=CC(N)(OCC)CC1=Cc1ccccc1. The molecule has 1 aromatic carbocycles. The molecule has 1 aliphatic rings. The van der Waals surface area contributed by atoms with E-state index in [-0.39, 0.29) is 5.97 Å². The lowest BCUT2D eigenvalue weighted by Crippen LogP contribution is -2.44. The highest BCUT2D eigenvalue weighted by Crippen LogP contribution is 2.32. The molecule has 0 radical (unpaired) electrons. The first-order valence-corrected chi connectivity index (χ1v) is 7.62. The van der Waals surface area contributed by atoms with E-state index in [0.29, 0.717) is 19.6 Å². The van der Waals surface area contributed by atoms with E-state index in [1.807, 2.05) is 43.3 Å². The average molecular weight is 301 g/mol. The molecule has 1 aliphatic carbocycles. The summed E-state index contributed by atoms with van der Waals surface area (Å²) in [5.41, 5.74) is 7.32. The van der Waals surface area contributed by atoms with Gasteiger partial charge in [0.2, 0.25) is 0 Å². The Labute approximate surface area is 131 Å². The number of hydrogen-bond acceptors (Lipinski definition) is 4. The van der Waals surface area contributed by atoms with E-state index in [9.17, 15) is 4.79 Å². The Kier molecular flexibility index (Phi) is 5.52. The van der Waals surface area contributed by atoms with Gasteiger partial charge in [-0.1, -0.05) is 42.5 Å². The molecule has 0 spiro atoms. The summed E-state index contributed by atoms with van der Waals surface area (Å²) in [7, 11) is 0. The van der Waals surface area contributed by atoms with Crippen LogP contribution < -0.4 is 5.73 Å². The fourth-order valence-corrected chi connectivity index (χ4v) is 2.60. The molecule has 0 heterocycles. The number of benzene rings is 1. The summed E-state index contributed by atoms with van der Waals surface area (Å²) in [4.78, 5) is 12.2. The highest BCUT2D eigenvalue weighted by atomic mass is 16.5. The van der Waals surface area contributed by atoms with Gasteiger partial charge in [-0.15, -0.1) is 0 Å². The third kappa shape index (κ3) is 4.06. The smallest absolute Gasteiger partial charge is 0.316 e. The Hall–Kier alpha value is -1.91. The quantitative estimate of drug-likeness (QED) is 0.516. The van der Waals surface area contributed by atoms with Gasteiger partial charge < -0.3 is 9.47 Å². The van der Waals surface area contributed by atoms with Crippen LogP contribution in [0.5, 0.6) is 0 Å². The van der Waals surface area contributed by atoms with Crippen LogP contribution in [0.2, 0.25) is 0 Å². The van der Waals surface area contributed by atoms with Gasteiger partial charge in [-0.05, 0) is 31.1 Å².